The van der Waals surface area contributed by atoms with Gasteiger partial charge in [0.2, 0.25) is 0 Å². The van der Waals surface area contributed by atoms with Gasteiger partial charge in [0, 0.05) is 23.4 Å². The minimum atomic E-state index is -0.182. The van der Waals surface area contributed by atoms with E-state index < -0.39 is 0 Å². The molecule has 0 aliphatic heterocycles. The van der Waals surface area contributed by atoms with E-state index in [1.165, 1.54) is 0 Å². The first kappa shape index (κ1) is 14.9. The number of aryl methyl sites for hydroxylation is 1. The van der Waals surface area contributed by atoms with Gasteiger partial charge in [-0.05, 0) is 36.8 Å². The number of hydrogen-bond acceptors (Lipinski definition) is 3. The van der Waals surface area contributed by atoms with Gasteiger partial charge in [0.1, 0.15) is 12.4 Å². The Hall–Kier alpha value is -2.51. The zero-order valence-electron chi connectivity index (χ0n) is 12.1. The third-order valence-corrected chi connectivity index (χ3v) is 3.08. The second-order valence-electron chi connectivity index (χ2n) is 4.66. The Morgan fingerprint density at radius 2 is 2.10 bits per heavy atom. The molecule has 4 heteroatoms. The number of benzene rings is 1. The normalized spacial score (nSPS) is 9.86. The second-order valence-corrected chi connectivity index (χ2v) is 4.66. The number of ether oxygens (including phenoxy) is 1. The quantitative estimate of drug-likeness (QED) is 0.870. The van der Waals surface area contributed by atoms with Crippen molar-refractivity contribution in [2.24, 2.45) is 0 Å². The van der Waals surface area contributed by atoms with E-state index in [9.17, 15) is 4.79 Å². The Kier molecular flexibility index (Phi) is 4.81. The molecule has 0 aliphatic rings. The minimum absolute atomic E-state index is 0.0519. The first-order chi connectivity index (χ1) is 10.1. The lowest BCUT2D eigenvalue weighted by molar-refractivity contribution is 0.350. The summed E-state index contributed by atoms with van der Waals surface area (Å²) >= 11 is 0. The molecule has 0 unspecified atom stereocenters. The van der Waals surface area contributed by atoms with Crippen LogP contribution in [0.2, 0.25) is 0 Å². The van der Waals surface area contributed by atoms with Crippen LogP contribution >= 0.6 is 0 Å². The van der Waals surface area contributed by atoms with Gasteiger partial charge in [0.15, 0.2) is 0 Å². The molecular weight excluding hydrogens is 266 g/mol. The summed E-state index contributed by atoms with van der Waals surface area (Å²) in [4.78, 5) is 12.0. The number of pyridine rings is 1. The molecule has 0 fully saturated rings. The standard InChI is InChI=1S/C17H17NO3/c1-13-7-8-18(17(20)10-13)12-15-11-14(4-3-9-19)5-6-16(15)21-2/h5-8,10-11,19H,9,12H2,1-2H3. The van der Waals surface area contributed by atoms with Crippen LogP contribution in [0.4, 0.5) is 0 Å². The molecule has 0 saturated carbocycles. The van der Waals surface area contributed by atoms with Crippen LogP contribution in [0, 0.1) is 18.8 Å². The predicted octanol–water partition coefficient (Wildman–Crippen LogP) is 1.56. The van der Waals surface area contributed by atoms with E-state index in [0.717, 1.165) is 16.7 Å². The highest BCUT2D eigenvalue weighted by Crippen LogP contribution is 2.20. The summed E-state index contributed by atoms with van der Waals surface area (Å²) in [6.07, 6.45) is 1.77. The largest absolute Gasteiger partial charge is 0.496 e. The number of nitrogens with zero attached hydrogens (tertiary/aromatic N) is 1. The van der Waals surface area contributed by atoms with Crippen LogP contribution in [-0.4, -0.2) is 23.4 Å². The van der Waals surface area contributed by atoms with Crippen molar-refractivity contribution in [1.29, 1.82) is 0 Å². The van der Waals surface area contributed by atoms with Crippen LogP contribution in [0.15, 0.2) is 41.3 Å². The fourth-order valence-electron chi connectivity index (χ4n) is 2.04. The van der Waals surface area contributed by atoms with Gasteiger partial charge in [0.25, 0.3) is 5.56 Å². The zero-order valence-corrected chi connectivity index (χ0v) is 12.1. The molecule has 1 N–H and O–H groups in total. The Morgan fingerprint density at radius 3 is 2.76 bits per heavy atom. The van der Waals surface area contributed by atoms with Gasteiger partial charge in [-0.1, -0.05) is 11.8 Å². The number of aromatic nitrogens is 1. The maximum Gasteiger partial charge on any atom is 0.251 e. The van der Waals surface area contributed by atoms with E-state index in [0.29, 0.717) is 12.3 Å². The SMILES string of the molecule is COc1ccc(C#CCO)cc1Cn1ccc(C)cc1=O. The molecule has 108 valence electrons. The van der Waals surface area contributed by atoms with Crippen LogP contribution in [-0.2, 0) is 6.54 Å². The molecule has 0 atom stereocenters. The third-order valence-electron chi connectivity index (χ3n) is 3.08. The van der Waals surface area contributed by atoms with E-state index in [1.54, 1.807) is 23.9 Å². The van der Waals surface area contributed by atoms with Crippen molar-refractivity contribution in [3.63, 3.8) is 0 Å². The highest BCUT2D eigenvalue weighted by atomic mass is 16.5. The van der Waals surface area contributed by atoms with Crippen LogP contribution in [0.1, 0.15) is 16.7 Å². The number of hydrogen-bond donors (Lipinski definition) is 1. The lowest BCUT2D eigenvalue weighted by atomic mass is 10.1. The van der Waals surface area contributed by atoms with E-state index in [-0.39, 0.29) is 12.2 Å². The minimum Gasteiger partial charge on any atom is -0.496 e. The van der Waals surface area contributed by atoms with E-state index in [1.807, 2.05) is 31.2 Å². The number of rotatable bonds is 3. The van der Waals surface area contributed by atoms with Crippen LogP contribution in [0.3, 0.4) is 0 Å². The van der Waals surface area contributed by atoms with Crippen molar-refractivity contribution in [3.05, 3.63) is 63.6 Å². The maximum atomic E-state index is 12.0. The van der Waals surface area contributed by atoms with E-state index in [2.05, 4.69) is 11.8 Å². The Bertz CT molecular complexity index is 751. The topological polar surface area (TPSA) is 51.5 Å². The van der Waals surface area contributed by atoms with Gasteiger partial charge in [-0.3, -0.25) is 4.79 Å². The number of methoxy groups -OCH3 is 1. The molecule has 4 nitrogen and oxygen atoms in total. The van der Waals surface area contributed by atoms with Crippen molar-refractivity contribution < 1.29 is 9.84 Å². The maximum absolute atomic E-state index is 12.0. The fraction of sp³-hybridized carbons (Fsp3) is 0.235. The van der Waals surface area contributed by atoms with Crippen LogP contribution in [0.25, 0.3) is 0 Å². The van der Waals surface area contributed by atoms with Gasteiger partial charge in [-0.2, -0.15) is 0 Å². The van der Waals surface area contributed by atoms with Crippen LogP contribution in [0.5, 0.6) is 5.75 Å². The van der Waals surface area contributed by atoms with Crippen molar-refractivity contribution >= 4 is 0 Å². The van der Waals surface area contributed by atoms with Gasteiger partial charge in [-0.15, -0.1) is 0 Å². The lowest BCUT2D eigenvalue weighted by Crippen LogP contribution is -2.19. The lowest BCUT2D eigenvalue weighted by Gasteiger charge is -2.11. The molecule has 0 spiro atoms. The molecular formula is C17H17NO3. The summed E-state index contributed by atoms with van der Waals surface area (Å²) in [5.74, 6) is 6.17. The van der Waals surface area contributed by atoms with Gasteiger partial charge >= 0.3 is 0 Å². The third kappa shape index (κ3) is 3.74. The average molecular weight is 283 g/mol. The Morgan fingerprint density at radius 1 is 1.29 bits per heavy atom. The number of aliphatic hydroxyl groups is 1. The fourth-order valence-corrected chi connectivity index (χ4v) is 2.04. The Labute approximate surface area is 123 Å². The summed E-state index contributed by atoms with van der Waals surface area (Å²) in [5.41, 5.74) is 2.53. The highest BCUT2D eigenvalue weighted by Gasteiger charge is 2.06. The summed E-state index contributed by atoms with van der Waals surface area (Å²) < 4.78 is 6.95. The van der Waals surface area contributed by atoms with Crippen molar-refractivity contribution in [3.8, 4) is 17.6 Å². The van der Waals surface area contributed by atoms with Gasteiger partial charge in [-0.25, -0.2) is 0 Å². The highest BCUT2D eigenvalue weighted by molar-refractivity contribution is 5.44. The zero-order chi connectivity index (χ0) is 15.2. The van der Waals surface area contributed by atoms with Crippen LogP contribution < -0.4 is 10.3 Å². The molecule has 0 amide bonds. The summed E-state index contributed by atoms with van der Waals surface area (Å²) in [6, 6.07) is 9.00. The van der Waals surface area contributed by atoms with Crippen molar-refractivity contribution in [2.45, 2.75) is 13.5 Å². The monoisotopic (exact) mass is 283 g/mol. The van der Waals surface area contributed by atoms with Gasteiger partial charge < -0.3 is 14.4 Å². The Balaban J connectivity index is 2.39. The second kappa shape index (κ2) is 6.78. The molecule has 0 aliphatic carbocycles. The molecule has 0 radical (unpaired) electrons. The summed E-state index contributed by atoms with van der Waals surface area (Å²) in [7, 11) is 1.59. The molecule has 2 rings (SSSR count). The number of aliphatic hydroxyl groups excluding tert-OH is 1. The molecule has 1 heterocycles. The van der Waals surface area contributed by atoms with E-state index >= 15 is 0 Å². The molecule has 21 heavy (non-hydrogen) atoms. The van der Waals surface area contributed by atoms with Gasteiger partial charge in [0.05, 0.1) is 13.7 Å². The van der Waals surface area contributed by atoms with E-state index in [4.69, 9.17) is 9.84 Å². The van der Waals surface area contributed by atoms with Crippen molar-refractivity contribution in [1.82, 2.24) is 4.57 Å². The molecule has 2 aromatic rings. The van der Waals surface area contributed by atoms with Crippen molar-refractivity contribution in [2.75, 3.05) is 13.7 Å². The smallest absolute Gasteiger partial charge is 0.251 e. The average Bonchev–Trinajstić information content (AvgIpc) is 2.48. The first-order valence-electron chi connectivity index (χ1n) is 6.58. The molecule has 1 aromatic carbocycles. The summed E-state index contributed by atoms with van der Waals surface area (Å²) in [6.45, 7) is 2.12. The summed E-state index contributed by atoms with van der Waals surface area (Å²) in [5, 5.41) is 8.75. The molecule has 0 bridgehead atoms. The predicted molar refractivity (Wildman–Crippen MR) is 81.5 cm³/mol. The molecule has 1 aromatic heterocycles. The first-order valence-corrected chi connectivity index (χ1v) is 6.58. The molecule has 0 saturated heterocycles.